The predicted octanol–water partition coefficient (Wildman–Crippen LogP) is 2.32. The molecule has 2 rings (SSSR count). The fourth-order valence-corrected chi connectivity index (χ4v) is 3.14. The average molecular weight is 238 g/mol. The van der Waals surface area contributed by atoms with Gasteiger partial charge >= 0.3 is 0 Å². The van der Waals surface area contributed by atoms with Crippen molar-refractivity contribution >= 4 is 22.3 Å². The van der Waals surface area contributed by atoms with Crippen molar-refractivity contribution < 1.29 is 4.21 Å². The largest absolute Gasteiger partial charge is 0.248 e. The Morgan fingerprint density at radius 3 is 2.40 bits per heavy atom. The topological polar surface area (TPSA) is 42.9 Å². The van der Waals surface area contributed by atoms with Crippen LogP contribution in [-0.4, -0.2) is 13.8 Å². The van der Waals surface area contributed by atoms with Gasteiger partial charge in [-0.25, -0.2) is 4.21 Å². The molecule has 2 aromatic rings. The van der Waals surface area contributed by atoms with Gasteiger partial charge in [0, 0.05) is 4.90 Å². The van der Waals surface area contributed by atoms with Gasteiger partial charge in [-0.1, -0.05) is 22.2 Å². The third kappa shape index (κ3) is 2.13. The summed E-state index contributed by atoms with van der Waals surface area (Å²) in [4.78, 5) is 0.801. The molecule has 0 amide bonds. The molecular formula is C10H10N2OS2. The standard InChI is InChI=1S/C10H10N2OS2/c1-7-3-5-9(6-4-7)15(13)10-8(2)11-12-14-10/h3-6H,1-2H3/t15-/m0/s1. The number of aryl methyl sites for hydroxylation is 2. The van der Waals surface area contributed by atoms with E-state index >= 15 is 0 Å². The lowest BCUT2D eigenvalue weighted by Gasteiger charge is -1.99. The highest BCUT2D eigenvalue weighted by atomic mass is 32.2. The molecule has 0 aliphatic rings. The summed E-state index contributed by atoms with van der Waals surface area (Å²) in [5.74, 6) is 0. The van der Waals surface area contributed by atoms with Gasteiger partial charge in [0.25, 0.3) is 0 Å². The molecule has 0 spiro atoms. The minimum absolute atomic E-state index is 0.735. The lowest BCUT2D eigenvalue weighted by molar-refractivity contribution is 0.684. The predicted molar refractivity (Wildman–Crippen MR) is 60.5 cm³/mol. The second kappa shape index (κ2) is 4.20. The van der Waals surface area contributed by atoms with Crippen LogP contribution in [0, 0.1) is 13.8 Å². The van der Waals surface area contributed by atoms with Gasteiger partial charge in [-0.2, -0.15) is 0 Å². The highest BCUT2D eigenvalue weighted by molar-refractivity contribution is 7.87. The summed E-state index contributed by atoms with van der Waals surface area (Å²) < 4.78 is 16.6. The van der Waals surface area contributed by atoms with Crippen molar-refractivity contribution in [2.24, 2.45) is 0 Å². The van der Waals surface area contributed by atoms with Crippen LogP contribution >= 0.6 is 11.5 Å². The molecular weight excluding hydrogens is 228 g/mol. The first kappa shape index (κ1) is 10.4. The SMILES string of the molecule is Cc1ccc([S@](=O)c2snnc2C)cc1. The first-order valence-electron chi connectivity index (χ1n) is 4.46. The fraction of sp³-hybridized carbons (Fsp3) is 0.200. The zero-order chi connectivity index (χ0) is 10.8. The maximum absolute atomic E-state index is 12.1. The third-order valence-corrected chi connectivity index (χ3v) is 4.65. The van der Waals surface area contributed by atoms with Crippen molar-refractivity contribution in [3.05, 3.63) is 35.5 Å². The number of benzene rings is 1. The van der Waals surface area contributed by atoms with Crippen molar-refractivity contribution in [1.29, 1.82) is 0 Å². The normalized spacial score (nSPS) is 12.7. The summed E-state index contributed by atoms with van der Waals surface area (Å²) in [7, 11) is -1.14. The monoisotopic (exact) mass is 238 g/mol. The molecule has 3 nitrogen and oxygen atoms in total. The van der Waals surface area contributed by atoms with E-state index in [4.69, 9.17) is 0 Å². The van der Waals surface area contributed by atoms with E-state index in [1.165, 1.54) is 11.5 Å². The summed E-state index contributed by atoms with van der Waals surface area (Å²) in [6, 6.07) is 7.67. The smallest absolute Gasteiger partial charge is 0.140 e. The van der Waals surface area contributed by atoms with E-state index in [0.29, 0.717) is 0 Å². The van der Waals surface area contributed by atoms with Gasteiger partial charge in [0.1, 0.15) is 4.21 Å². The van der Waals surface area contributed by atoms with Gasteiger partial charge in [-0.05, 0) is 37.5 Å². The highest BCUT2D eigenvalue weighted by Gasteiger charge is 2.13. The first-order chi connectivity index (χ1) is 7.18. The summed E-state index contributed by atoms with van der Waals surface area (Å²) >= 11 is 1.20. The Balaban J connectivity index is 2.37. The van der Waals surface area contributed by atoms with Crippen molar-refractivity contribution in [3.8, 4) is 0 Å². The van der Waals surface area contributed by atoms with Crippen molar-refractivity contribution in [2.45, 2.75) is 23.0 Å². The van der Waals surface area contributed by atoms with Crippen LogP contribution in [0.25, 0.3) is 0 Å². The lowest BCUT2D eigenvalue weighted by atomic mass is 10.2. The number of aromatic nitrogens is 2. The molecule has 15 heavy (non-hydrogen) atoms. The molecule has 1 heterocycles. The van der Waals surface area contributed by atoms with Gasteiger partial charge in [0.2, 0.25) is 0 Å². The number of rotatable bonds is 2. The molecule has 0 saturated heterocycles. The van der Waals surface area contributed by atoms with Crippen LogP contribution in [0.15, 0.2) is 33.4 Å². The molecule has 1 atom stereocenters. The van der Waals surface area contributed by atoms with Crippen LogP contribution in [0.2, 0.25) is 0 Å². The van der Waals surface area contributed by atoms with Crippen molar-refractivity contribution in [1.82, 2.24) is 9.59 Å². The van der Waals surface area contributed by atoms with E-state index in [2.05, 4.69) is 9.59 Å². The molecule has 0 saturated carbocycles. The minimum Gasteiger partial charge on any atom is -0.248 e. The van der Waals surface area contributed by atoms with Crippen LogP contribution in [0.4, 0.5) is 0 Å². The van der Waals surface area contributed by atoms with Crippen LogP contribution in [0.5, 0.6) is 0 Å². The highest BCUT2D eigenvalue weighted by Crippen LogP contribution is 2.21. The molecule has 0 unspecified atom stereocenters. The number of hydrogen-bond donors (Lipinski definition) is 0. The van der Waals surface area contributed by atoms with E-state index in [1.54, 1.807) is 0 Å². The summed E-state index contributed by atoms with van der Waals surface area (Å²) in [6.07, 6.45) is 0. The average Bonchev–Trinajstić information content (AvgIpc) is 2.65. The number of nitrogens with zero attached hydrogens (tertiary/aromatic N) is 2. The van der Waals surface area contributed by atoms with Crippen LogP contribution in [-0.2, 0) is 10.8 Å². The van der Waals surface area contributed by atoms with Gasteiger partial charge in [-0.3, -0.25) is 0 Å². The van der Waals surface area contributed by atoms with Crippen LogP contribution in [0.3, 0.4) is 0 Å². The second-order valence-electron chi connectivity index (χ2n) is 3.23. The Bertz CT molecular complexity index is 490. The van der Waals surface area contributed by atoms with Gasteiger partial charge < -0.3 is 0 Å². The van der Waals surface area contributed by atoms with E-state index < -0.39 is 10.8 Å². The molecule has 1 aromatic heterocycles. The molecule has 5 heteroatoms. The Morgan fingerprint density at radius 2 is 1.87 bits per heavy atom. The van der Waals surface area contributed by atoms with E-state index in [-0.39, 0.29) is 0 Å². The molecule has 0 aliphatic heterocycles. The molecule has 0 aliphatic carbocycles. The molecule has 0 N–H and O–H groups in total. The molecule has 0 bridgehead atoms. The summed E-state index contributed by atoms with van der Waals surface area (Å²) in [5, 5.41) is 3.86. The van der Waals surface area contributed by atoms with Crippen molar-refractivity contribution in [3.63, 3.8) is 0 Å². The Hall–Kier alpha value is -1.07. The summed E-state index contributed by atoms with van der Waals surface area (Å²) in [6.45, 7) is 3.83. The quantitative estimate of drug-likeness (QED) is 0.806. The molecule has 0 radical (unpaired) electrons. The molecule has 78 valence electrons. The number of hydrogen-bond acceptors (Lipinski definition) is 4. The zero-order valence-corrected chi connectivity index (χ0v) is 10.1. The molecule has 0 fully saturated rings. The lowest BCUT2D eigenvalue weighted by Crippen LogP contribution is -1.92. The molecule has 1 aromatic carbocycles. The van der Waals surface area contributed by atoms with Gasteiger partial charge in [-0.15, -0.1) is 5.10 Å². The van der Waals surface area contributed by atoms with Crippen LogP contribution in [0.1, 0.15) is 11.3 Å². The van der Waals surface area contributed by atoms with E-state index in [0.717, 1.165) is 20.4 Å². The fourth-order valence-electron chi connectivity index (χ4n) is 1.16. The Kier molecular flexibility index (Phi) is 2.93. The zero-order valence-electron chi connectivity index (χ0n) is 8.43. The summed E-state index contributed by atoms with van der Waals surface area (Å²) in [5.41, 5.74) is 1.91. The van der Waals surface area contributed by atoms with Crippen LogP contribution < -0.4 is 0 Å². The first-order valence-corrected chi connectivity index (χ1v) is 6.38. The van der Waals surface area contributed by atoms with Crippen molar-refractivity contribution in [2.75, 3.05) is 0 Å². The Morgan fingerprint density at radius 1 is 1.20 bits per heavy atom. The maximum Gasteiger partial charge on any atom is 0.140 e. The van der Waals surface area contributed by atoms with Gasteiger partial charge in [0.05, 0.1) is 16.5 Å². The second-order valence-corrected chi connectivity index (χ2v) is 5.66. The third-order valence-electron chi connectivity index (χ3n) is 2.01. The van der Waals surface area contributed by atoms with E-state index in [9.17, 15) is 4.21 Å². The van der Waals surface area contributed by atoms with Gasteiger partial charge in [0.15, 0.2) is 0 Å². The maximum atomic E-state index is 12.1. The Labute approximate surface area is 94.8 Å². The minimum atomic E-state index is -1.14. The van der Waals surface area contributed by atoms with E-state index in [1.807, 2.05) is 38.1 Å².